The highest BCUT2D eigenvalue weighted by molar-refractivity contribution is 5.83. The second-order valence-corrected chi connectivity index (χ2v) is 5.08. The maximum atomic E-state index is 5.71. The molecule has 0 aliphatic rings. The summed E-state index contributed by atoms with van der Waals surface area (Å²) in [5.74, 6) is 1.40. The molecule has 98 valence electrons. The van der Waals surface area contributed by atoms with Gasteiger partial charge in [-0.1, -0.05) is 20.8 Å². The first-order valence-electron chi connectivity index (χ1n) is 6.21. The molecule has 18 heavy (non-hydrogen) atoms. The van der Waals surface area contributed by atoms with Gasteiger partial charge in [0.2, 0.25) is 5.95 Å². The quantitative estimate of drug-likeness (QED) is 0.771. The van der Waals surface area contributed by atoms with Crippen molar-refractivity contribution in [1.82, 2.24) is 19.9 Å². The Morgan fingerprint density at radius 3 is 2.78 bits per heavy atom. The van der Waals surface area contributed by atoms with Gasteiger partial charge in [0.05, 0.1) is 6.33 Å². The Labute approximate surface area is 106 Å². The highest BCUT2D eigenvalue weighted by Crippen LogP contribution is 2.28. The first-order valence-corrected chi connectivity index (χ1v) is 6.21. The van der Waals surface area contributed by atoms with Crippen LogP contribution in [0.2, 0.25) is 0 Å². The molecule has 2 aromatic rings. The van der Waals surface area contributed by atoms with Crippen molar-refractivity contribution >= 4 is 22.9 Å². The summed E-state index contributed by atoms with van der Waals surface area (Å²) in [6.45, 7) is 8.69. The highest BCUT2D eigenvalue weighted by Gasteiger charge is 2.27. The average molecular weight is 248 g/mol. The molecule has 4 N–H and O–H groups in total. The van der Waals surface area contributed by atoms with Crippen molar-refractivity contribution in [1.29, 1.82) is 0 Å². The lowest BCUT2D eigenvalue weighted by atomic mass is 9.86. The molecule has 6 heteroatoms. The minimum Gasteiger partial charge on any atom is -0.368 e. The average Bonchev–Trinajstić information content (AvgIpc) is 2.76. The Morgan fingerprint density at radius 2 is 2.17 bits per heavy atom. The molecule has 0 aliphatic heterocycles. The molecule has 0 aliphatic carbocycles. The van der Waals surface area contributed by atoms with Crippen LogP contribution in [0.25, 0.3) is 11.2 Å². The molecule has 0 spiro atoms. The fourth-order valence-electron chi connectivity index (χ4n) is 1.85. The van der Waals surface area contributed by atoms with Crippen LogP contribution in [0.5, 0.6) is 0 Å². The van der Waals surface area contributed by atoms with E-state index in [0.29, 0.717) is 17.4 Å². The number of nitrogens with one attached hydrogen (secondary N) is 2. The van der Waals surface area contributed by atoms with E-state index in [1.807, 2.05) is 0 Å². The van der Waals surface area contributed by atoms with Crippen LogP contribution >= 0.6 is 0 Å². The van der Waals surface area contributed by atoms with Crippen molar-refractivity contribution in [2.75, 3.05) is 11.1 Å². The van der Waals surface area contributed by atoms with Crippen LogP contribution in [0, 0.1) is 5.92 Å². The van der Waals surface area contributed by atoms with Crippen LogP contribution in [-0.2, 0) is 0 Å². The number of aromatic nitrogens is 4. The van der Waals surface area contributed by atoms with Gasteiger partial charge in [0.15, 0.2) is 11.5 Å². The van der Waals surface area contributed by atoms with Crippen molar-refractivity contribution in [3.63, 3.8) is 0 Å². The van der Waals surface area contributed by atoms with Gasteiger partial charge in [-0.15, -0.1) is 0 Å². The third kappa shape index (κ3) is 2.10. The van der Waals surface area contributed by atoms with Gasteiger partial charge in [-0.05, 0) is 19.3 Å². The van der Waals surface area contributed by atoms with Crippen LogP contribution in [0.1, 0.15) is 34.1 Å². The number of imidazole rings is 1. The maximum absolute atomic E-state index is 5.71. The molecule has 1 atom stereocenters. The number of nitrogens with two attached hydrogens (primary N) is 1. The number of rotatable bonds is 4. The van der Waals surface area contributed by atoms with E-state index in [-0.39, 0.29) is 11.5 Å². The van der Waals surface area contributed by atoms with Crippen LogP contribution in [0.4, 0.5) is 11.8 Å². The Kier molecular flexibility index (Phi) is 3.11. The summed E-state index contributed by atoms with van der Waals surface area (Å²) in [4.78, 5) is 15.6. The third-order valence-electron chi connectivity index (χ3n) is 3.71. The second kappa shape index (κ2) is 4.44. The molecule has 0 fully saturated rings. The number of aromatic amines is 1. The lowest BCUT2D eigenvalue weighted by molar-refractivity contribution is 0.361. The Hall–Kier alpha value is -1.85. The topological polar surface area (TPSA) is 92.5 Å². The summed E-state index contributed by atoms with van der Waals surface area (Å²) in [6.07, 6.45) is 2.59. The van der Waals surface area contributed by atoms with E-state index in [2.05, 4.69) is 52.9 Å². The minimum atomic E-state index is -0.0489. The Balaban J connectivity index is 2.45. The number of H-pyrrole nitrogens is 1. The molecule has 2 aromatic heterocycles. The molecule has 0 aromatic carbocycles. The number of nitrogens with zero attached hydrogens (tertiary/aromatic N) is 3. The lowest BCUT2D eigenvalue weighted by Gasteiger charge is -2.34. The fourth-order valence-corrected chi connectivity index (χ4v) is 1.85. The van der Waals surface area contributed by atoms with E-state index in [1.54, 1.807) is 6.33 Å². The number of hydrogen-bond acceptors (Lipinski definition) is 5. The van der Waals surface area contributed by atoms with Crippen molar-refractivity contribution < 1.29 is 0 Å². The number of hydrogen-bond donors (Lipinski definition) is 3. The van der Waals surface area contributed by atoms with Crippen molar-refractivity contribution in [2.45, 2.75) is 39.7 Å². The van der Waals surface area contributed by atoms with Gasteiger partial charge in [-0.3, -0.25) is 0 Å². The predicted molar refractivity (Wildman–Crippen MR) is 73.3 cm³/mol. The van der Waals surface area contributed by atoms with E-state index < -0.39 is 0 Å². The molecule has 2 heterocycles. The largest absolute Gasteiger partial charge is 0.368 e. The van der Waals surface area contributed by atoms with Gasteiger partial charge >= 0.3 is 0 Å². The zero-order valence-corrected chi connectivity index (χ0v) is 11.3. The van der Waals surface area contributed by atoms with Gasteiger partial charge in [0.1, 0.15) is 5.52 Å². The molecule has 0 saturated heterocycles. The molecule has 0 saturated carbocycles. The maximum Gasteiger partial charge on any atom is 0.224 e. The SMILES string of the molecule is CC[C@](C)(Nc1nc(N)nc2[nH]cnc12)C(C)C. The molecule has 6 nitrogen and oxygen atoms in total. The molecule has 2 rings (SSSR count). The normalized spacial score (nSPS) is 14.9. The van der Waals surface area contributed by atoms with Crippen LogP contribution in [0.3, 0.4) is 0 Å². The molecule has 0 amide bonds. The third-order valence-corrected chi connectivity index (χ3v) is 3.71. The number of fused-ring (bicyclic) bond motifs is 1. The summed E-state index contributed by atoms with van der Waals surface area (Å²) in [7, 11) is 0. The van der Waals surface area contributed by atoms with Gasteiger partial charge in [0.25, 0.3) is 0 Å². The molecule has 0 unspecified atom stereocenters. The summed E-state index contributed by atoms with van der Waals surface area (Å²) in [6, 6.07) is 0. The van der Waals surface area contributed by atoms with E-state index >= 15 is 0 Å². The zero-order valence-electron chi connectivity index (χ0n) is 11.3. The molecular weight excluding hydrogens is 228 g/mol. The summed E-state index contributed by atoms with van der Waals surface area (Å²) < 4.78 is 0. The van der Waals surface area contributed by atoms with Crippen LogP contribution in [-0.4, -0.2) is 25.5 Å². The second-order valence-electron chi connectivity index (χ2n) is 5.08. The van der Waals surface area contributed by atoms with E-state index in [4.69, 9.17) is 5.73 Å². The first-order chi connectivity index (χ1) is 8.46. The van der Waals surface area contributed by atoms with Crippen molar-refractivity contribution in [3.05, 3.63) is 6.33 Å². The highest BCUT2D eigenvalue weighted by atomic mass is 15.2. The van der Waals surface area contributed by atoms with Crippen molar-refractivity contribution in [2.24, 2.45) is 5.92 Å². The van der Waals surface area contributed by atoms with E-state index in [9.17, 15) is 0 Å². The van der Waals surface area contributed by atoms with Gasteiger partial charge < -0.3 is 16.0 Å². The standard InChI is InChI=1S/C12H20N6/c1-5-12(4,7(2)3)18-10-8-9(15-6-14-8)16-11(13)17-10/h6-7H,5H2,1-4H3,(H4,13,14,15,16,17,18)/t12-/m0/s1. The van der Waals surface area contributed by atoms with Gasteiger partial charge in [-0.2, -0.15) is 9.97 Å². The monoisotopic (exact) mass is 248 g/mol. The summed E-state index contributed by atoms with van der Waals surface area (Å²) in [5.41, 5.74) is 7.05. The number of nitrogen functional groups attached to an aromatic ring is 1. The first kappa shape index (κ1) is 12.6. The Bertz CT molecular complexity index is 546. The zero-order chi connectivity index (χ0) is 13.3. The smallest absolute Gasteiger partial charge is 0.224 e. The fraction of sp³-hybridized carbons (Fsp3) is 0.583. The summed E-state index contributed by atoms with van der Waals surface area (Å²) >= 11 is 0. The van der Waals surface area contributed by atoms with Crippen molar-refractivity contribution in [3.8, 4) is 0 Å². The molecular formula is C12H20N6. The van der Waals surface area contributed by atoms with Gasteiger partial charge in [-0.25, -0.2) is 4.98 Å². The number of anilines is 2. The molecule has 0 radical (unpaired) electrons. The van der Waals surface area contributed by atoms with Crippen LogP contribution in [0.15, 0.2) is 6.33 Å². The van der Waals surface area contributed by atoms with E-state index in [1.165, 1.54) is 0 Å². The minimum absolute atomic E-state index is 0.0489. The summed E-state index contributed by atoms with van der Waals surface area (Å²) in [5, 5.41) is 3.46. The van der Waals surface area contributed by atoms with Crippen LogP contribution < -0.4 is 11.1 Å². The Morgan fingerprint density at radius 1 is 1.44 bits per heavy atom. The van der Waals surface area contributed by atoms with Gasteiger partial charge in [0, 0.05) is 5.54 Å². The lowest BCUT2D eigenvalue weighted by Crippen LogP contribution is -2.40. The molecule has 0 bridgehead atoms. The predicted octanol–water partition coefficient (Wildman–Crippen LogP) is 2.17. The van der Waals surface area contributed by atoms with E-state index in [0.717, 1.165) is 11.9 Å².